The lowest BCUT2D eigenvalue weighted by atomic mass is 9.95. The van der Waals surface area contributed by atoms with Crippen LogP contribution in [0.15, 0.2) is 34.6 Å². The molecule has 0 radical (unpaired) electrons. The van der Waals surface area contributed by atoms with Crippen molar-refractivity contribution in [1.82, 2.24) is 20.2 Å². The summed E-state index contributed by atoms with van der Waals surface area (Å²) in [7, 11) is 0. The first-order valence-electron chi connectivity index (χ1n) is 12.9. The molecule has 8 nitrogen and oxygen atoms in total. The smallest absolute Gasteiger partial charge is 0.269 e. The number of halogens is 1. The number of morpholine rings is 1. The number of nitrogens with one attached hydrogen (secondary N) is 2. The Bertz CT molecular complexity index is 872. The fraction of sp³-hybridized carbons (Fsp3) is 0.615. The number of carbonyl (C=O) groups is 1. The van der Waals surface area contributed by atoms with Crippen molar-refractivity contribution in [3.8, 4) is 0 Å². The van der Waals surface area contributed by atoms with Crippen LogP contribution in [0.5, 0.6) is 0 Å². The molecule has 2 saturated heterocycles. The summed E-state index contributed by atoms with van der Waals surface area (Å²) in [6, 6.07) is 8.73. The molecule has 1 saturated carbocycles. The molecule has 35 heavy (non-hydrogen) atoms. The van der Waals surface area contributed by atoms with Crippen molar-refractivity contribution in [2.75, 3.05) is 39.4 Å². The summed E-state index contributed by atoms with van der Waals surface area (Å²) in [6.07, 6.45) is 8.96. The van der Waals surface area contributed by atoms with Crippen LogP contribution in [0.1, 0.15) is 60.9 Å². The maximum atomic E-state index is 13.1. The summed E-state index contributed by atoms with van der Waals surface area (Å²) < 4.78 is 5.96. The van der Waals surface area contributed by atoms with Crippen LogP contribution in [-0.4, -0.2) is 78.4 Å². The third kappa shape index (κ3) is 7.06. The number of benzene rings is 1. The molecule has 192 valence electrons. The van der Waals surface area contributed by atoms with Crippen LogP contribution in [0.3, 0.4) is 0 Å². The number of carbonyl (C=O) groups excluding carboxylic acids is 1. The Hall–Kier alpha value is -1.94. The predicted molar refractivity (Wildman–Crippen MR) is 142 cm³/mol. The average molecular weight is 548 g/mol. The fourth-order valence-electron chi connectivity index (χ4n) is 5.46. The van der Waals surface area contributed by atoms with E-state index in [0.717, 1.165) is 77.8 Å². The summed E-state index contributed by atoms with van der Waals surface area (Å²) in [5, 5.41) is 9.28. The van der Waals surface area contributed by atoms with Gasteiger partial charge < -0.3 is 15.9 Å². The van der Waals surface area contributed by atoms with Crippen LogP contribution in [0.25, 0.3) is 0 Å². The van der Waals surface area contributed by atoms with Gasteiger partial charge >= 0.3 is 0 Å². The molecule has 4 N–H and O–H groups in total. The van der Waals surface area contributed by atoms with Gasteiger partial charge in [-0.2, -0.15) is 0 Å². The zero-order chi connectivity index (χ0) is 24.6. The van der Waals surface area contributed by atoms with Gasteiger partial charge in [-0.25, -0.2) is 0 Å². The highest BCUT2D eigenvalue weighted by atomic mass is 79.9. The third-order valence-corrected chi connectivity index (χ3v) is 8.17. The maximum Gasteiger partial charge on any atom is 0.269 e. The number of hydrogen-bond donors (Lipinski definition) is 3. The molecule has 4 rings (SSSR count). The van der Waals surface area contributed by atoms with Gasteiger partial charge in [0.15, 0.2) is 0 Å². The van der Waals surface area contributed by atoms with Gasteiger partial charge in [0.25, 0.3) is 5.91 Å². The SMILES string of the molecule is N=C/C(Br)=C(\N)N(NC(=O)c1ccc(CN2CCC(N3CCOCC3)CC2)cc1)C1CCCCC1. The van der Waals surface area contributed by atoms with Crippen molar-refractivity contribution in [3.05, 3.63) is 45.7 Å². The predicted octanol–water partition coefficient (Wildman–Crippen LogP) is 3.43. The Labute approximate surface area is 217 Å². The average Bonchev–Trinajstić information content (AvgIpc) is 2.92. The van der Waals surface area contributed by atoms with Gasteiger partial charge in [0, 0.05) is 37.5 Å². The molecule has 0 bridgehead atoms. The van der Waals surface area contributed by atoms with E-state index in [9.17, 15) is 4.79 Å². The lowest BCUT2D eigenvalue weighted by Crippen LogP contribution is -2.50. The highest BCUT2D eigenvalue weighted by molar-refractivity contribution is 9.12. The normalized spacial score (nSPS) is 21.9. The van der Waals surface area contributed by atoms with Gasteiger partial charge in [-0.3, -0.25) is 25.0 Å². The second-order valence-electron chi connectivity index (χ2n) is 9.83. The first-order chi connectivity index (χ1) is 17.0. The molecule has 3 fully saturated rings. The molecule has 1 aromatic rings. The van der Waals surface area contributed by atoms with Gasteiger partial charge in [0.2, 0.25) is 0 Å². The second-order valence-corrected chi connectivity index (χ2v) is 10.7. The van der Waals surface area contributed by atoms with E-state index in [4.69, 9.17) is 15.9 Å². The van der Waals surface area contributed by atoms with E-state index in [1.165, 1.54) is 24.8 Å². The van der Waals surface area contributed by atoms with E-state index in [1.807, 2.05) is 12.1 Å². The van der Waals surface area contributed by atoms with E-state index >= 15 is 0 Å². The molecule has 2 heterocycles. The standard InChI is InChI=1S/C26H39BrN6O2/c27-24(18-28)25(29)33(23-4-2-1-3-5-23)30-26(34)21-8-6-20(7-9-21)19-31-12-10-22(11-13-31)32-14-16-35-17-15-32/h6-9,18,22-23,28H,1-5,10-17,19,29H2,(H,30,34)/b25-24-,28-18?. The van der Waals surface area contributed by atoms with Gasteiger partial charge in [-0.15, -0.1) is 0 Å². The number of nitrogens with zero attached hydrogens (tertiary/aromatic N) is 3. The van der Waals surface area contributed by atoms with Gasteiger partial charge in [-0.05, 0) is 72.4 Å². The van der Waals surface area contributed by atoms with Crippen molar-refractivity contribution in [2.24, 2.45) is 5.73 Å². The minimum absolute atomic E-state index is 0.139. The zero-order valence-corrected chi connectivity index (χ0v) is 22.1. The number of hydrogen-bond acceptors (Lipinski definition) is 7. The number of hydrazine groups is 1. The highest BCUT2D eigenvalue weighted by Gasteiger charge is 2.27. The van der Waals surface area contributed by atoms with Crippen LogP contribution in [-0.2, 0) is 11.3 Å². The molecule has 0 unspecified atom stereocenters. The monoisotopic (exact) mass is 546 g/mol. The number of allylic oxidation sites excluding steroid dienone is 1. The number of ether oxygens (including phenoxy) is 1. The van der Waals surface area contributed by atoms with E-state index in [1.54, 1.807) is 5.01 Å². The van der Waals surface area contributed by atoms with Crippen LogP contribution < -0.4 is 11.2 Å². The molecular formula is C26H39BrN6O2. The van der Waals surface area contributed by atoms with E-state index in [0.29, 0.717) is 21.9 Å². The topological polar surface area (TPSA) is 97.9 Å². The Morgan fingerprint density at radius 3 is 2.37 bits per heavy atom. The highest BCUT2D eigenvalue weighted by Crippen LogP contribution is 2.25. The number of rotatable bonds is 8. The molecule has 9 heteroatoms. The minimum Gasteiger partial charge on any atom is -0.383 e. The summed E-state index contributed by atoms with van der Waals surface area (Å²) in [4.78, 5) is 18.2. The Balaban J connectivity index is 1.32. The first kappa shape index (κ1) is 26.1. The molecule has 1 aliphatic carbocycles. The van der Waals surface area contributed by atoms with Crippen LogP contribution in [0, 0.1) is 5.41 Å². The number of piperidine rings is 1. The lowest BCUT2D eigenvalue weighted by Gasteiger charge is -2.40. The molecule has 3 aliphatic rings. The summed E-state index contributed by atoms with van der Waals surface area (Å²) in [5.74, 6) is 0.194. The van der Waals surface area contributed by atoms with E-state index in [2.05, 4.69) is 43.3 Å². The van der Waals surface area contributed by atoms with E-state index < -0.39 is 0 Å². The van der Waals surface area contributed by atoms with Crippen LogP contribution >= 0.6 is 15.9 Å². The third-order valence-electron chi connectivity index (χ3n) is 7.53. The Morgan fingerprint density at radius 1 is 1.09 bits per heavy atom. The molecular weight excluding hydrogens is 508 g/mol. The number of nitrogens with two attached hydrogens (primary N) is 1. The number of likely N-dealkylation sites (tertiary alicyclic amines) is 1. The molecule has 1 amide bonds. The maximum absolute atomic E-state index is 13.1. The molecule has 0 atom stereocenters. The summed E-state index contributed by atoms with van der Waals surface area (Å²) in [6.45, 7) is 6.97. The molecule has 0 spiro atoms. The van der Waals surface area contributed by atoms with Gasteiger partial charge in [-0.1, -0.05) is 31.4 Å². The minimum atomic E-state index is -0.179. The molecule has 0 aromatic heterocycles. The van der Waals surface area contributed by atoms with Crippen molar-refractivity contribution < 1.29 is 9.53 Å². The largest absolute Gasteiger partial charge is 0.383 e. The van der Waals surface area contributed by atoms with Crippen molar-refractivity contribution in [2.45, 2.75) is 63.6 Å². The quantitative estimate of drug-likeness (QED) is 0.341. The van der Waals surface area contributed by atoms with Crippen molar-refractivity contribution in [1.29, 1.82) is 5.41 Å². The molecule has 2 aliphatic heterocycles. The Morgan fingerprint density at radius 2 is 1.74 bits per heavy atom. The summed E-state index contributed by atoms with van der Waals surface area (Å²) in [5.41, 5.74) is 11.1. The van der Waals surface area contributed by atoms with Crippen LogP contribution in [0.4, 0.5) is 0 Å². The molecule has 1 aromatic carbocycles. The van der Waals surface area contributed by atoms with Gasteiger partial charge in [0.05, 0.1) is 23.7 Å². The van der Waals surface area contributed by atoms with Crippen molar-refractivity contribution >= 4 is 28.1 Å². The van der Waals surface area contributed by atoms with Gasteiger partial charge in [0.1, 0.15) is 5.82 Å². The first-order valence-corrected chi connectivity index (χ1v) is 13.7. The lowest BCUT2D eigenvalue weighted by molar-refractivity contribution is 0.000231. The number of amides is 1. The Kier molecular flexibility index (Phi) is 9.59. The second kappa shape index (κ2) is 12.9. The van der Waals surface area contributed by atoms with E-state index in [-0.39, 0.29) is 11.9 Å². The van der Waals surface area contributed by atoms with Crippen molar-refractivity contribution in [3.63, 3.8) is 0 Å². The van der Waals surface area contributed by atoms with Crippen LogP contribution in [0.2, 0.25) is 0 Å². The summed E-state index contributed by atoms with van der Waals surface area (Å²) >= 11 is 3.34. The fourth-order valence-corrected chi connectivity index (χ4v) is 5.65. The zero-order valence-electron chi connectivity index (χ0n) is 20.6.